The molecule has 0 unspecified atom stereocenters. The Hall–Kier alpha value is -1.13. The number of carbonyl (C=O) groups is 1. The predicted molar refractivity (Wildman–Crippen MR) is 124 cm³/mol. The molecule has 0 radical (unpaired) electrons. The van der Waals surface area contributed by atoms with Crippen molar-refractivity contribution >= 4 is 5.97 Å². The number of aliphatic hydroxyl groups excluding tert-OH is 1. The van der Waals surface area contributed by atoms with Gasteiger partial charge >= 0.3 is 5.97 Å². The van der Waals surface area contributed by atoms with Crippen LogP contribution in [0.15, 0.2) is 24.3 Å². The normalized spacial score (nSPS) is 30.5. The number of hydrogen-bond acceptors (Lipinski definition) is 4. The number of aliphatic hydroxyl groups is 1. The van der Waals surface area contributed by atoms with Gasteiger partial charge in [0.25, 0.3) is 0 Å². The molecule has 2 N–H and O–H groups in total. The van der Waals surface area contributed by atoms with Gasteiger partial charge in [-0.3, -0.25) is 0 Å². The highest BCUT2D eigenvalue weighted by atomic mass is 16.5. The van der Waals surface area contributed by atoms with E-state index in [2.05, 4.69) is 32.2 Å². The lowest BCUT2D eigenvalue weighted by molar-refractivity contribution is -0.148. The van der Waals surface area contributed by atoms with Crippen molar-refractivity contribution in [2.24, 2.45) is 11.8 Å². The summed E-state index contributed by atoms with van der Waals surface area (Å²) in [6, 6.07) is 0.772. The van der Waals surface area contributed by atoms with Crippen molar-refractivity contribution < 1.29 is 14.6 Å². The molecule has 0 amide bonds. The Balaban J connectivity index is 1.82. The maximum atomic E-state index is 12.3. The summed E-state index contributed by atoms with van der Waals surface area (Å²) in [5.74, 6) is 1.08. The minimum Gasteiger partial charge on any atom is -0.458 e. The number of piperidine rings is 1. The molecule has 0 spiro atoms. The highest BCUT2D eigenvalue weighted by Crippen LogP contribution is 2.40. The number of rotatable bonds is 12. The van der Waals surface area contributed by atoms with E-state index in [0.29, 0.717) is 17.9 Å². The Morgan fingerprint density at radius 1 is 1.17 bits per heavy atom. The van der Waals surface area contributed by atoms with E-state index in [0.717, 1.165) is 44.9 Å². The molecule has 0 bridgehead atoms. The average molecular weight is 420 g/mol. The van der Waals surface area contributed by atoms with Crippen LogP contribution in [0.25, 0.3) is 0 Å². The summed E-state index contributed by atoms with van der Waals surface area (Å²) in [6.07, 6.45) is 20.6. The quantitative estimate of drug-likeness (QED) is 0.184. The van der Waals surface area contributed by atoms with E-state index in [1.807, 2.05) is 6.08 Å². The van der Waals surface area contributed by atoms with Crippen LogP contribution in [-0.2, 0) is 9.53 Å². The van der Waals surface area contributed by atoms with Gasteiger partial charge in [-0.05, 0) is 50.9 Å². The van der Waals surface area contributed by atoms with Gasteiger partial charge in [0.05, 0.1) is 6.10 Å². The number of allylic oxidation sites excluding steroid dienone is 3. The van der Waals surface area contributed by atoms with Gasteiger partial charge in [-0.2, -0.15) is 0 Å². The van der Waals surface area contributed by atoms with Crippen LogP contribution in [0.3, 0.4) is 0 Å². The van der Waals surface area contributed by atoms with Crippen LogP contribution in [0.1, 0.15) is 97.8 Å². The van der Waals surface area contributed by atoms with Crippen molar-refractivity contribution in [1.29, 1.82) is 0 Å². The van der Waals surface area contributed by atoms with Crippen LogP contribution in [0, 0.1) is 11.8 Å². The Labute approximate surface area is 184 Å². The van der Waals surface area contributed by atoms with Crippen LogP contribution in [0.4, 0.5) is 0 Å². The molecule has 4 heteroatoms. The zero-order valence-electron chi connectivity index (χ0n) is 19.5. The van der Waals surface area contributed by atoms with E-state index in [9.17, 15) is 9.90 Å². The molecule has 1 aliphatic heterocycles. The summed E-state index contributed by atoms with van der Waals surface area (Å²) in [4.78, 5) is 12.3. The molecule has 0 aromatic heterocycles. The number of carbonyl (C=O) groups excluding carboxylic acids is 1. The fraction of sp³-hybridized carbons (Fsp3) is 0.808. The van der Waals surface area contributed by atoms with Crippen LogP contribution < -0.4 is 5.32 Å². The summed E-state index contributed by atoms with van der Waals surface area (Å²) >= 11 is 0. The van der Waals surface area contributed by atoms with E-state index in [-0.39, 0.29) is 24.2 Å². The second kappa shape index (κ2) is 14.0. The Morgan fingerprint density at radius 3 is 2.77 bits per heavy atom. The number of nitrogens with one attached hydrogen (secondary N) is 1. The monoisotopic (exact) mass is 419 g/mol. The van der Waals surface area contributed by atoms with Crippen molar-refractivity contribution in [1.82, 2.24) is 5.32 Å². The highest BCUT2D eigenvalue weighted by molar-refractivity contribution is 5.82. The lowest BCUT2D eigenvalue weighted by Gasteiger charge is -2.47. The van der Waals surface area contributed by atoms with Gasteiger partial charge in [0.15, 0.2) is 0 Å². The molecule has 2 fully saturated rings. The maximum absolute atomic E-state index is 12.3. The van der Waals surface area contributed by atoms with Crippen molar-refractivity contribution in [3.63, 3.8) is 0 Å². The summed E-state index contributed by atoms with van der Waals surface area (Å²) < 4.78 is 5.84. The molecule has 0 aromatic carbocycles. The van der Waals surface area contributed by atoms with Crippen molar-refractivity contribution in [2.45, 2.75) is 122 Å². The van der Waals surface area contributed by atoms with Gasteiger partial charge in [-0.15, -0.1) is 0 Å². The smallest absolute Gasteiger partial charge is 0.331 e. The molecule has 172 valence electrons. The lowest BCUT2D eigenvalue weighted by Crippen LogP contribution is -2.57. The van der Waals surface area contributed by atoms with Gasteiger partial charge in [0.2, 0.25) is 0 Å². The minimum absolute atomic E-state index is 0.0463. The SMILES string of the molecule is CCC/C=C/C=C/C(=O)O[C@@H]1C[C@H]2[C@@H](CCCC[C@@H](O)CCC)CCC[C@H]2N[C@@H]1C. The summed E-state index contributed by atoms with van der Waals surface area (Å²) in [6.45, 7) is 6.42. The largest absolute Gasteiger partial charge is 0.458 e. The zero-order chi connectivity index (χ0) is 21.8. The summed E-state index contributed by atoms with van der Waals surface area (Å²) in [5, 5.41) is 13.7. The molecule has 1 heterocycles. The molecule has 30 heavy (non-hydrogen) atoms. The van der Waals surface area contributed by atoms with Crippen LogP contribution in [-0.4, -0.2) is 35.4 Å². The number of ether oxygens (including phenoxy) is 1. The van der Waals surface area contributed by atoms with E-state index < -0.39 is 0 Å². The van der Waals surface area contributed by atoms with Gasteiger partial charge in [-0.1, -0.05) is 77.0 Å². The number of unbranched alkanes of at least 4 members (excludes halogenated alkanes) is 2. The Kier molecular flexibility index (Phi) is 11.8. The Bertz CT molecular complexity index is 544. The van der Waals surface area contributed by atoms with Crippen LogP contribution in [0.2, 0.25) is 0 Å². The molecular formula is C26H45NO3. The molecule has 0 aromatic rings. The maximum Gasteiger partial charge on any atom is 0.331 e. The fourth-order valence-electron chi connectivity index (χ4n) is 5.27. The van der Waals surface area contributed by atoms with Crippen molar-refractivity contribution in [3.8, 4) is 0 Å². The molecular weight excluding hydrogens is 374 g/mol. The second-order valence-electron chi connectivity index (χ2n) is 9.43. The average Bonchev–Trinajstić information content (AvgIpc) is 2.72. The molecule has 2 aliphatic rings. The predicted octanol–water partition coefficient (Wildman–Crippen LogP) is 5.70. The lowest BCUT2D eigenvalue weighted by atomic mass is 9.68. The number of hydrogen-bond donors (Lipinski definition) is 2. The third-order valence-electron chi connectivity index (χ3n) is 6.94. The van der Waals surface area contributed by atoms with E-state index in [1.54, 1.807) is 12.2 Å². The van der Waals surface area contributed by atoms with Crippen molar-refractivity contribution in [2.75, 3.05) is 0 Å². The van der Waals surface area contributed by atoms with Gasteiger partial charge in [0, 0.05) is 18.2 Å². The molecule has 2 rings (SSSR count). The van der Waals surface area contributed by atoms with Gasteiger partial charge in [-0.25, -0.2) is 4.79 Å². The number of fused-ring (bicyclic) bond motifs is 1. The fourth-order valence-corrected chi connectivity index (χ4v) is 5.27. The minimum atomic E-state index is -0.231. The molecule has 1 aliphatic carbocycles. The molecule has 1 saturated carbocycles. The van der Waals surface area contributed by atoms with E-state index in [4.69, 9.17) is 4.74 Å². The van der Waals surface area contributed by atoms with Gasteiger partial charge < -0.3 is 15.2 Å². The van der Waals surface area contributed by atoms with Crippen LogP contribution in [0.5, 0.6) is 0 Å². The summed E-state index contributed by atoms with van der Waals surface area (Å²) in [5.41, 5.74) is 0. The standard InChI is InChI=1S/C26H45NO3/c1-4-6-7-8-9-18-26(29)30-25-19-23-21(14-10-11-16-22(28)13-5-2)15-12-17-24(23)27-20(25)3/h7-9,18,20-25,27-28H,4-6,10-17,19H2,1-3H3/b8-7+,18-9+/t20-,21+,22+,23+,24-,25-/m1/s1. The Morgan fingerprint density at radius 2 is 2.00 bits per heavy atom. The third kappa shape index (κ3) is 8.55. The molecule has 4 nitrogen and oxygen atoms in total. The van der Waals surface area contributed by atoms with Crippen LogP contribution >= 0.6 is 0 Å². The molecule has 1 saturated heterocycles. The topological polar surface area (TPSA) is 58.6 Å². The first kappa shape index (κ1) is 25.1. The van der Waals surface area contributed by atoms with E-state index in [1.165, 1.54) is 32.1 Å². The molecule has 6 atom stereocenters. The van der Waals surface area contributed by atoms with Gasteiger partial charge in [0.1, 0.15) is 6.10 Å². The number of esters is 1. The first-order valence-corrected chi connectivity index (χ1v) is 12.5. The second-order valence-corrected chi connectivity index (χ2v) is 9.43. The third-order valence-corrected chi connectivity index (χ3v) is 6.94. The first-order chi connectivity index (χ1) is 14.5. The zero-order valence-corrected chi connectivity index (χ0v) is 19.5. The summed E-state index contributed by atoms with van der Waals surface area (Å²) in [7, 11) is 0. The highest BCUT2D eigenvalue weighted by Gasteiger charge is 2.41. The van der Waals surface area contributed by atoms with Crippen molar-refractivity contribution in [3.05, 3.63) is 24.3 Å². The van der Waals surface area contributed by atoms with E-state index >= 15 is 0 Å². The first-order valence-electron chi connectivity index (χ1n) is 12.5.